The fourth-order valence-electron chi connectivity index (χ4n) is 1.63. The lowest BCUT2D eigenvalue weighted by Gasteiger charge is -2.26. The highest BCUT2D eigenvalue weighted by atomic mass is 32.1. The maximum atomic E-state index is 11.8. The smallest absolute Gasteiger partial charge is 0.315 e. The molecule has 1 heterocycles. The highest BCUT2D eigenvalue weighted by Gasteiger charge is 2.22. The summed E-state index contributed by atoms with van der Waals surface area (Å²) in [6.45, 7) is 5.53. The molecule has 1 aromatic heterocycles. The van der Waals surface area contributed by atoms with Gasteiger partial charge in [-0.15, -0.1) is 11.3 Å². The van der Waals surface area contributed by atoms with Crippen molar-refractivity contribution in [2.75, 3.05) is 0 Å². The van der Waals surface area contributed by atoms with Gasteiger partial charge in [0.15, 0.2) is 0 Å². The van der Waals surface area contributed by atoms with E-state index in [2.05, 4.69) is 10.6 Å². The monoisotopic (exact) mass is 284 g/mol. The standard InChI is InChI=1S/C13H20N2O3S/c1-9(10-5-4-8-19-10)14-12(18)15-13(2,3)7-6-11(16)17/h4-5,8-9H,6-7H2,1-3H3,(H,16,17)(H2,14,15,18). The van der Waals surface area contributed by atoms with Crippen LogP contribution in [-0.2, 0) is 4.79 Å². The fraction of sp³-hybridized carbons (Fsp3) is 0.538. The molecule has 1 rings (SSSR count). The highest BCUT2D eigenvalue weighted by Crippen LogP contribution is 2.18. The van der Waals surface area contributed by atoms with Gasteiger partial charge in [-0.05, 0) is 38.6 Å². The Labute approximate surface area is 117 Å². The van der Waals surface area contributed by atoms with Crippen LogP contribution in [0.25, 0.3) is 0 Å². The lowest BCUT2D eigenvalue weighted by atomic mass is 9.99. The number of thiophene rings is 1. The van der Waals surface area contributed by atoms with Crippen molar-refractivity contribution >= 4 is 23.3 Å². The maximum Gasteiger partial charge on any atom is 0.315 e. The van der Waals surface area contributed by atoms with Gasteiger partial charge in [-0.3, -0.25) is 4.79 Å². The van der Waals surface area contributed by atoms with Crippen molar-refractivity contribution in [1.29, 1.82) is 0 Å². The molecular weight excluding hydrogens is 264 g/mol. The van der Waals surface area contributed by atoms with E-state index in [4.69, 9.17) is 5.11 Å². The number of carboxylic acid groups (broad SMARTS) is 1. The van der Waals surface area contributed by atoms with Crippen molar-refractivity contribution in [1.82, 2.24) is 10.6 Å². The molecule has 0 radical (unpaired) electrons. The van der Waals surface area contributed by atoms with Gasteiger partial charge >= 0.3 is 12.0 Å². The average Bonchev–Trinajstić information content (AvgIpc) is 2.79. The predicted octanol–water partition coefficient (Wildman–Crippen LogP) is 2.75. The molecule has 2 amide bonds. The van der Waals surface area contributed by atoms with Crippen LogP contribution in [-0.4, -0.2) is 22.6 Å². The molecule has 1 atom stereocenters. The molecule has 0 bridgehead atoms. The molecule has 0 fully saturated rings. The summed E-state index contributed by atoms with van der Waals surface area (Å²) in [7, 11) is 0. The van der Waals surface area contributed by atoms with E-state index in [9.17, 15) is 9.59 Å². The molecule has 19 heavy (non-hydrogen) atoms. The molecule has 0 aliphatic rings. The van der Waals surface area contributed by atoms with Crippen LogP contribution >= 0.6 is 11.3 Å². The number of carboxylic acids is 1. The predicted molar refractivity (Wildman–Crippen MR) is 75.4 cm³/mol. The van der Waals surface area contributed by atoms with Crippen molar-refractivity contribution < 1.29 is 14.7 Å². The first-order chi connectivity index (χ1) is 8.80. The van der Waals surface area contributed by atoms with Crippen LogP contribution in [0.3, 0.4) is 0 Å². The molecule has 1 aromatic rings. The summed E-state index contributed by atoms with van der Waals surface area (Å²) in [5, 5.41) is 16.2. The van der Waals surface area contributed by atoms with Crippen LogP contribution in [0.5, 0.6) is 0 Å². The molecule has 0 saturated heterocycles. The van der Waals surface area contributed by atoms with Gasteiger partial charge < -0.3 is 15.7 Å². The number of hydrogen-bond acceptors (Lipinski definition) is 3. The van der Waals surface area contributed by atoms with Crippen LogP contribution < -0.4 is 10.6 Å². The molecule has 106 valence electrons. The molecule has 0 aliphatic heterocycles. The Balaban J connectivity index is 2.43. The van der Waals surface area contributed by atoms with E-state index in [0.29, 0.717) is 6.42 Å². The van der Waals surface area contributed by atoms with Gasteiger partial charge in [-0.2, -0.15) is 0 Å². The second-order valence-corrected chi connectivity index (χ2v) is 6.09. The minimum absolute atomic E-state index is 0.0355. The molecule has 5 nitrogen and oxygen atoms in total. The number of carbonyl (C=O) groups excluding carboxylic acids is 1. The third-order valence-electron chi connectivity index (χ3n) is 2.73. The number of nitrogens with one attached hydrogen (secondary N) is 2. The van der Waals surface area contributed by atoms with Gasteiger partial charge in [-0.25, -0.2) is 4.79 Å². The number of amides is 2. The summed E-state index contributed by atoms with van der Waals surface area (Å²) in [6, 6.07) is 3.56. The van der Waals surface area contributed by atoms with Gasteiger partial charge in [0.25, 0.3) is 0 Å². The molecule has 1 unspecified atom stereocenters. The van der Waals surface area contributed by atoms with Gasteiger partial charge in [0.05, 0.1) is 6.04 Å². The van der Waals surface area contributed by atoms with E-state index >= 15 is 0 Å². The Bertz CT molecular complexity index is 429. The third kappa shape index (κ3) is 5.74. The Morgan fingerprint density at radius 3 is 2.68 bits per heavy atom. The molecule has 6 heteroatoms. The van der Waals surface area contributed by atoms with Crippen LogP contribution in [0, 0.1) is 0 Å². The first kappa shape index (κ1) is 15.5. The first-order valence-electron chi connectivity index (χ1n) is 6.14. The lowest BCUT2D eigenvalue weighted by molar-refractivity contribution is -0.137. The van der Waals surface area contributed by atoms with E-state index < -0.39 is 11.5 Å². The molecule has 0 aliphatic carbocycles. The second-order valence-electron chi connectivity index (χ2n) is 5.11. The Hall–Kier alpha value is -1.56. The van der Waals surface area contributed by atoms with Crippen LogP contribution in [0.15, 0.2) is 17.5 Å². The Kier molecular flexibility index (Phi) is 5.35. The second kappa shape index (κ2) is 6.56. The van der Waals surface area contributed by atoms with E-state index in [1.165, 1.54) is 0 Å². The first-order valence-corrected chi connectivity index (χ1v) is 7.02. The van der Waals surface area contributed by atoms with E-state index in [0.717, 1.165) is 4.88 Å². The minimum Gasteiger partial charge on any atom is -0.481 e. The van der Waals surface area contributed by atoms with Crippen molar-refractivity contribution in [2.24, 2.45) is 0 Å². The zero-order valence-electron chi connectivity index (χ0n) is 11.4. The summed E-state index contributed by atoms with van der Waals surface area (Å²) in [4.78, 5) is 23.5. The number of rotatable bonds is 6. The van der Waals surface area contributed by atoms with Crippen molar-refractivity contribution in [3.05, 3.63) is 22.4 Å². The summed E-state index contributed by atoms with van der Waals surface area (Å²) in [5.74, 6) is -0.859. The lowest BCUT2D eigenvalue weighted by Crippen LogP contribution is -2.49. The van der Waals surface area contributed by atoms with Crippen LogP contribution in [0.1, 0.15) is 44.5 Å². The van der Waals surface area contributed by atoms with Crippen molar-refractivity contribution in [3.63, 3.8) is 0 Å². The minimum atomic E-state index is -0.859. The largest absolute Gasteiger partial charge is 0.481 e. The van der Waals surface area contributed by atoms with Crippen LogP contribution in [0.2, 0.25) is 0 Å². The average molecular weight is 284 g/mol. The number of hydrogen-bond donors (Lipinski definition) is 3. The van der Waals surface area contributed by atoms with Crippen molar-refractivity contribution in [3.8, 4) is 0 Å². The zero-order chi connectivity index (χ0) is 14.5. The fourth-order valence-corrected chi connectivity index (χ4v) is 2.37. The van der Waals surface area contributed by atoms with Crippen LogP contribution in [0.4, 0.5) is 4.79 Å². The van der Waals surface area contributed by atoms with Crippen molar-refractivity contribution in [2.45, 2.75) is 45.2 Å². The molecule has 0 spiro atoms. The number of aliphatic carboxylic acids is 1. The molecular formula is C13H20N2O3S. The summed E-state index contributed by atoms with van der Waals surface area (Å²) >= 11 is 1.58. The zero-order valence-corrected chi connectivity index (χ0v) is 12.2. The number of urea groups is 1. The van der Waals surface area contributed by atoms with Gasteiger partial charge in [0.2, 0.25) is 0 Å². The summed E-state index contributed by atoms with van der Waals surface area (Å²) < 4.78 is 0. The Morgan fingerprint density at radius 1 is 1.47 bits per heavy atom. The summed E-state index contributed by atoms with van der Waals surface area (Å²) in [5.41, 5.74) is -0.544. The van der Waals surface area contributed by atoms with Gasteiger partial charge in [0.1, 0.15) is 0 Å². The van der Waals surface area contributed by atoms with E-state index in [1.807, 2.05) is 38.3 Å². The summed E-state index contributed by atoms with van der Waals surface area (Å²) in [6.07, 6.45) is 0.427. The maximum absolute atomic E-state index is 11.8. The third-order valence-corrected chi connectivity index (χ3v) is 3.79. The van der Waals surface area contributed by atoms with E-state index in [-0.39, 0.29) is 18.5 Å². The molecule has 0 aromatic carbocycles. The molecule has 0 saturated carbocycles. The molecule has 3 N–H and O–H groups in total. The topological polar surface area (TPSA) is 78.4 Å². The van der Waals surface area contributed by atoms with Gasteiger partial charge in [-0.1, -0.05) is 6.07 Å². The highest BCUT2D eigenvalue weighted by molar-refractivity contribution is 7.10. The SMILES string of the molecule is CC(NC(=O)NC(C)(C)CCC(=O)O)c1cccs1. The quantitative estimate of drug-likeness (QED) is 0.751. The number of carbonyl (C=O) groups is 2. The Morgan fingerprint density at radius 2 is 2.16 bits per heavy atom. The van der Waals surface area contributed by atoms with E-state index in [1.54, 1.807) is 11.3 Å². The van der Waals surface area contributed by atoms with Gasteiger partial charge in [0, 0.05) is 16.8 Å². The normalized spacial score (nSPS) is 12.8.